The van der Waals surface area contributed by atoms with Crippen LogP contribution in [0.4, 0.5) is 0 Å². The molecule has 3 rings (SSSR count). The van der Waals surface area contributed by atoms with Crippen molar-refractivity contribution in [1.29, 1.82) is 0 Å². The van der Waals surface area contributed by atoms with Gasteiger partial charge in [-0.05, 0) is 53.9 Å². The van der Waals surface area contributed by atoms with E-state index in [1.54, 1.807) is 18.3 Å². The van der Waals surface area contributed by atoms with Crippen LogP contribution in [0.3, 0.4) is 0 Å². The standard InChI is InChI=1S/C26H28N2O4/c1-2-3-16-30-23-12-14-24(15-13-23)32-20-26(29)28-27-18-22-10-7-11-25(17-22)31-19-21-8-5-4-6-9-21/h4-15,17-18H,2-3,16,19-20H2,1H3,(H,28,29)/b27-18-. The molecule has 0 unspecified atom stereocenters. The van der Waals surface area contributed by atoms with E-state index in [4.69, 9.17) is 14.2 Å². The Labute approximate surface area is 188 Å². The molecule has 0 saturated heterocycles. The molecule has 6 heteroatoms. The topological polar surface area (TPSA) is 69.2 Å². The van der Waals surface area contributed by atoms with Crippen LogP contribution in [0.15, 0.2) is 84.0 Å². The maximum atomic E-state index is 12.0. The Morgan fingerprint density at radius 2 is 1.62 bits per heavy atom. The Kier molecular flexibility index (Phi) is 9.15. The predicted molar refractivity (Wildman–Crippen MR) is 125 cm³/mol. The molecule has 0 aliphatic carbocycles. The number of nitrogens with zero attached hydrogens (tertiary/aromatic N) is 1. The zero-order valence-electron chi connectivity index (χ0n) is 18.2. The lowest BCUT2D eigenvalue weighted by Crippen LogP contribution is -2.24. The van der Waals surface area contributed by atoms with Crippen molar-refractivity contribution < 1.29 is 19.0 Å². The molecule has 0 spiro atoms. The maximum Gasteiger partial charge on any atom is 0.277 e. The molecule has 0 bridgehead atoms. The van der Waals surface area contributed by atoms with Crippen molar-refractivity contribution in [2.75, 3.05) is 13.2 Å². The number of carbonyl (C=O) groups is 1. The fourth-order valence-electron chi connectivity index (χ4n) is 2.75. The number of nitrogens with one attached hydrogen (secondary N) is 1. The average molecular weight is 433 g/mol. The van der Waals surface area contributed by atoms with Crippen molar-refractivity contribution in [2.24, 2.45) is 5.10 Å². The summed E-state index contributed by atoms with van der Waals surface area (Å²) in [6.45, 7) is 3.17. The number of unbranched alkanes of at least 4 members (excludes halogenated alkanes) is 1. The highest BCUT2D eigenvalue weighted by atomic mass is 16.5. The Hall–Kier alpha value is -3.80. The molecular formula is C26H28N2O4. The summed E-state index contributed by atoms with van der Waals surface area (Å²) >= 11 is 0. The van der Waals surface area contributed by atoms with Gasteiger partial charge in [-0.2, -0.15) is 5.10 Å². The van der Waals surface area contributed by atoms with E-state index in [-0.39, 0.29) is 12.5 Å². The zero-order valence-corrected chi connectivity index (χ0v) is 18.2. The second-order valence-corrected chi connectivity index (χ2v) is 7.10. The lowest BCUT2D eigenvalue weighted by molar-refractivity contribution is -0.123. The molecular weight excluding hydrogens is 404 g/mol. The summed E-state index contributed by atoms with van der Waals surface area (Å²) in [7, 11) is 0. The molecule has 0 aromatic heterocycles. The van der Waals surface area contributed by atoms with E-state index in [9.17, 15) is 4.79 Å². The van der Waals surface area contributed by atoms with E-state index in [1.807, 2.05) is 66.7 Å². The van der Waals surface area contributed by atoms with Gasteiger partial charge in [0.2, 0.25) is 0 Å². The largest absolute Gasteiger partial charge is 0.494 e. The van der Waals surface area contributed by atoms with Gasteiger partial charge in [-0.3, -0.25) is 4.79 Å². The normalized spacial score (nSPS) is 10.7. The van der Waals surface area contributed by atoms with Gasteiger partial charge in [0.25, 0.3) is 5.91 Å². The van der Waals surface area contributed by atoms with Crippen LogP contribution in [0.5, 0.6) is 17.2 Å². The molecule has 6 nitrogen and oxygen atoms in total. The van der Waals surface area contributed by atoms with Gasteiger partial charge in [-0.25, -0.2) is 5.43 Å². The Morgan fingerprint density at radius 3 is 2.38 bits per heavy atom. The number of hydrogen-bond donors (Lipinski definition) is 1. The van der Waals surface area contributed by atoms with Crippen LogP contribution in [0.2, 0.25) is 0 Å². The molecule has 3 aromatic rings. The number of carbonyl (C=O) groups excluding carboxylic acids is 1. The highest BCUT2D eigenvalue weighted by Gasteiger charge is 2.02. The van der Waals surface area contributed by atoms with Crippen molar-refractivity contribution in [3.8, 4) is 17.2 Å². The molecule has 0 heterocycles. The van der Waals surface area contributed by atoms with Gasteiger partial charge in [0.15, 0.2) is 6.61 Å². The third kappa shape index (κ3) is 8.14. The van der Waals surface area contributed by atoms with Crippen molar-refractivity contribution >= 4 is 12.1 Å². The summed E-state index contributed by atoms with van der Waals surface area (Å²) in [4.78, 5) is 12.0. The molecule has 0 radical (unpaired) electrons. The molecule has 0 atom stereocenters. The SMILES string of the molecule is CCCCOc1ccc(OCC(=O)N/N=C\c2cccc(OCc3ccccc3)c2)cc1. The molecule has 1 N–H and O–H groups in total. The number of hydrogen-bond acceptors (Lipinski definition) is 5. The summed E-state index contributed by atoms with van der Waals surface area (Å²) in [5.74, 6) is 1.76. The molecule has 0 fully saturated rings. The Morgan fingerprint density at radius 1 is 0.875 bits per heavy atom. The fraction of sp³-hybridized carbons (Fsp3) is 0.231. The monoisotopic (exact) mass is 432 g/mol. The minimum Gasteiger partial charge on any atom is -0.494 e. The van der Waals surface area contributed by atoms with Gasteiger partial charge in [-0.1, -0.05) is 55.8 Å². The van der Waals surface area contributed by atoms with Crippen LogP contribution >= 0.6 is 0 Å². The quantitative estimate of drug-likeness (QED) is 0.249. The van der Waals surface area contributed by atoms with Gasteiger partial charge in [0, 0.05) is 0 Å². The van der Waals surface area contributed by atoms with E-state index < -0.39 is 0 Å². The number of hydrazone groups is 1. The smallest absolute Gasteiger partial charge is 0.277 e. The van der Waals surface area contributed by atoms with Crippen LogP contribution in [-0.4, -0.2) is 25.3 Å². The Bertz CT molecular complexity index is 988. The van der Waals surface area contributed by atoms with Crippen molar-refractivity contribution in [3.05, 3.63) is 90.0 Å². The summed E-state index contributed by atoms with van der Waals surface area (Å²) < 4.78 is 16.9. The van der Waals surface area contributed by atoms with E-state index in [2.05, 4.69) is 17.5 Å². The first-order valence-electron chi connectivity index (χ1n) is 10.7. The van der Waals surface area contributed by atoms with Crippen molar-refractivity contribution in [2.45, 2.75) is 26.4 Å². The van der Waals surface area contributed by atoms with Crippen LogP contribution < -0.4 is 19.6 Å². The second kappa shape index (κ2) is 12.8. The lowest BCUT2D eigenvalue weighted by atomic mass is 10.2. The van der Waals surface area contributed by atoms with E-state index >= 15 is 0 Å². The summed E-state index contributed by atoms with van der Waals surface area (Å²) in [5.41, 5.74) is 4.37. The van der Waals surface area contributed by atoms with Crippen LogP contribution in [0, 0.1) is 0 Å². The second-order valence-electron chi connectivity index (χ2n) is 7.10. The first-order chi connectivity index (χ1) is 15.7. The van der Waals surface area contributed by atoms with E-state index in [0.29, 0.717) is 19.0 Å². The van der Waals surface area contributed by atoms with E-state index in [0.717, 1.165) is 35.5 Å². The number of benzene rings is 3. The summed E-state index contributed by atoms with van der Waals surface area (Å²) in [5, 5.41) is 3.99. The summed E-state index contributed by atoms with van der Waals surface area (Å²) in [6, 6.07) is 24.7. The molecule has 3 aromatic carbocycles. The molecule has 1 amide bonds. The van der Waals surface area contributed by atoms with Crippen molar-refractivity contribution in [3.63, 3.8) is 0 Å². The lowest BCUT2D eigenvalue weighted by Gasteiger charge is -2.08. The van der Waals surface area contributed by atoms with Crippen LogP contribution in [0.1, 0.15) is 30.9 Å². The highest BCUT2D eigenvalue weighted by Crippen LogP contribution is 2.18. The Balaban J connectivity index is 1.40. The van der Waals surface area contributed by atoms with Gasteiger partial charge in [0.1, 0.15) is 23.9 Å². The highest BCUT2D eigenvalue weighted by molar-refractivity contribution is 5.83. The van der Waals surface area contributed by atoms with Gasteiger partial charge in [-0.15, -0.1) is 0 Å². The number of rotatable bonds is 12. The maximum absolute atomic E-state index is 12.0. The minimum absolute atomic E-state index is 0.131. The third-order valence-corrected chi connectivity index (χ3v) is 4.47. The van der Waals surface area contributed by atoms with Gasteiger partial charge < -0.3 is 14.2 Å². The van der Waals surface area contributed by atoms with Crippen LogP contribution in [0.25, 0.3) is 0 Å². The van der Waals surface area contributed by atoms with Crippen LogP contribution in [-0.2, 0) is 11.4 Å². The first-order valence-corrected chi connectivity index (χ1v) is 10.7. The predicted octanol–water partition coefficient (Wildman–Crippen LogP) is 4.97. The third-order valence-electron chi connectivity index (χ3n) is 4.47. The minimum atomic E-state index is -0.346. The van der Waals surface area contributed by atoms with E-state index in [1.165, 1.54) is 0 Å². The molecule has 166 valence electrons. The molecule has 0 saturated carbocycles. The molecule has 0 aliphatic heterocycles. The fourth-order valence-corrected chi connectivity index (χ4v) is 2.75. The zero-order chi connectivity index (χ0) is 22.4. The first kappa shape index (κ1) is 22.9. The van der Waals surface area contributed by atoms with Crippen molar-refractivity contribution in [1.82, 2.24) is 5.43 Å². The molecule has 0 aliphatic rings. The number of amides is 1. The van der Waals surface area contributed by atoms with Gasteiger partial charge >= 0.3 is 0 Å². The summed E-state index contributed by atoms with van der Waals surface area (Å²) in [6.07, 6.45) is 3.67. The van der Waals surface area contributed by atoms with Gasteiger partial charge in [0.05, 0.1) is 12.8 Å². The number of ether oxygens (including phenoxy) is 3. The average Bonchev–Trinajstić information content (AvgIpc) is 2.83. The molecule has 32 heavy (non-hydrogen) atoms.